The number of hydrogen-bond acceptors (Lipinski definition) is 4. The van der Waals surface area contributed by atoms with Crippen molar-refractivity contribution in [1.82, 2.24) is 5.32 Å². The number of nitrogens with one attached hydrogen (secondary N) is 1. The third kappa shape index (κ3) is 3.99. The van der Waals surface area contributed by atoms with Gasteiger partial charge in [-0.1, -0.05) is 6.92 Å². The van der Waals surface area contributed by atoms with Gasteiger partial charge < -0.3 is 10.4 Å². The van der Waals surface area contributed by atoms with E-state index < -0.39 is 32.4 Å². The number of carbonyl (C=O) groups is 2. The van der Waals surface area contributed by atoms with Crippen LogP contribution in [0.2, 0.25) is 0 Å². The van der Waals surface area contributed by atoms with Gasteiger partial charge in [-0.2, -0.15) is 0 Å². The quantitative estimate of drug-likeness (QED) is 0.706. The summed E-state index contributed by atoms with van der Waals surface area (Å²) in [7, 11) is -3.54. The van der Waals surface area contributed by atoms with E-state index in [1.807, 2.05) is 0 Å². The summed E-state index contributed by atoms with van der Waals surface area (Å²) in [5.74, 6) is -2.39. The summed E-state index contributed by atoms with van der Waals surface area (Å²) in [6, 6.07) is 0. The minimum atomic E-state index is -3.54. The zero-order valence-electron chi connectivity index (χ0n) is 10.5. The number of aliphatic carboxylic acids is 1. The number of sulfone groups is 1. The molecule has 0 aromatic heterocycles. The number of hydrogen-bond donors (Lipinski definition) is 2. The van der Waals surface area contributed by atoms with Crippen molar-refractivity contribution in [1.29, 1.82) is 0 Å². The fourth-order valence-electron chi connectivity index (χ4n) is 1.00. The molecule has 0 aliphatic heterocycles. The molecule has 0 rings (SSSR count). The van der Waals surface area contributed by atoms with E-state index in [0.717, 1.165) is 6.26 Å². The third-order valence-electron chi connectivity index (χ3n) is 2.82. The minimum absolute atomic E-state index is 0.0659. The van der Waals surface area contributed by atoms with Gasteiger partial charge in [-0.25, -0.2) is 8.42 Å². The first-order valence-electron chi connectivity index (χ1n) is 5.24. The van der Waals surface area contributed by atoms with Crippen molar-refractivity contribution in [3.63, 3.8) is 0 Å². The molecule has 0 aliphatic rings. The van der Waals surface area contributed by atoms with E-state index in [2.05, 4.69) is 5.32 Å². The van der Waals surface area contributed by atoms with E-state index in [9.17, 15) is 18.0 Å². The van der Waals surface area contributed by atoms with Crippen molar-refractivity contribution in [2.24, 2.45) is 5.92 Å². The van der Waals surface area contributed by atoms with Crippen molar-refractivity contribution in [3.05, 3.63) is 0 Å². The molecule has 0 saturated heterocycles. The molecule has 0 aliphatic carbocycles. The summed E-state index contributed by atoms with van der Waals surface area (Å²) >= 11 is 0. The summed E-state index contributed by atoms with van der Waals surface area (Å²) in [6.07, 6.45) is 1.34. The first-order valence-corrected chi connectivity index (χ1v) is 7.13. The monoisotopic (exact) mass is 265 g/mol. The highest BCUT2D eigenvalue weighted by Crippen LogP contribution is 2.15. The van der Waals surface area contributed by atoms with E-state index in [1.165, 1.54) is 13.8 Å². The molecule has 1 atom stereocenters. The lowest BCUT2D eigenvalue weighted by atomic mass is 10.1. The lowest BCUT2D eigenvalue weighted by Crippen LogP contribution is -2.49. The number of rotatable bonds is 6. The molecule has 0 fully saturated rings. The molecule has 0 bridgehead atoms. The molecule has 1 amide bonds. The Kier molecular flexibility index (Phi) is 5.12. The van der Waals surface area contributed by atoms with Gasteiger partial charge in [-0.05, 0) is 20.3 Å². The molecule has 0 saturated carbocycles. The first kappa shape index (κ1) is 15.9. The van der Waals surface area contributed by atoms with Crippen molar-refractivity contribution in [2.75, 3.05) is 12.8 Å². The Labute approximate surface area is 101 Å². The van der Waals surface area contributed by atoms with Crippen LogP contribution in [0.5, 0.6) is 0 Å². The molecule has 6 nitrogen and oxygen atoms in total. The molecule has 0 aromatic rings. The van der Waals surface area contributed by atoms with Gasteiger partial charge in [-0.15, -0.1) is 0 Å². The zero-order valence-corrected chi connectivity index (χ0v) is 11.3. The van der Waals surface area contributed by atoms with Gasteiger partial charge in [0.15, 0.2) is 9.84 Å². The van der Waals surface area contributed by atoms with Crippen molar-refractivity contribution >= 4 is 21.7 Å². The standard InChI is InChI=1S/C10H19NO5S/c1-5-7(8(12)13)6-11-9(14)10(2,3)17(4,15)16/h7H,5-6H2,1-4H3,(H,11,14)(H,12,13). The third-order valence-corrected chi connectivity index (χ3v) is 4.86. The summed E-state index contributed by atoms with van der Waals surface area (Å²) in [6.45, 7) is 4.20. The normalized spacial score (nSPS) is 14.1. The summed E-state index contributed by atoms with van der Waals surface area (Å²) < 4.78 is 21.2. The van der Waals surface area contributed by atoms with Crippen LogP contribution in [-0.4, -0.2) is 42.9 Å². The molecule has 0 spiro atoms. The van der Waals surface area contributed by atoms with Gasteiger partial charge in [0.2, 0.25) is 5.91 Å². The van der Waals surface area contributed by atoms with Gasteiger partial charge in [0, 0.05) is 12.8 Å². The van der Waals surface area contributed by atoms with Crippen LogP contribution in [0.1, 0.15) is 27.2 Å². The Hall–Kier alpha value is -1.11. The first-order chi connectivity index (χ1) is 7.54. The van der Waals surface area contributed by atoms with Crippen molar-refractivity contribution in [3.8, 4) is 0 Å². The second kappa shape index (κ2) is 5.48. The Bertz CT molecular complexity index is 399. The average Bonchev–Trinajstić information content (AvgIpc) is 2.15. The lowest BCUT2D eigenvalue weighted by molar-refractivity contribution is -0.141. The molecule has 0 aromatic carbocycles. The minimum Gasteiger partial charge on any atom is -0.481 e. The van der Waals surface area contributed by atoms with Crippen LogP contribution in [-0.2, 0) is 19.4 Å². The molecule has 0 radical (unpaired) electrons. The van der Waals surface area contributed by atoms with Crippen LogP contribution < -0.4 is 5.32 Å². The van der Waals surface area contributed by atoms with Gasteiger partial charge in [0.25, 0.3) is 0 Å². The smallest absolute Gasteiger partial charge is 0.308 e. The van der Waals surface area contributed by atoms with Gasteiger partial charge in [0.1, 0.15) is 4.75 Å². The fourth-order valence-corrected chi connectivity index (χ4v) is 1.41. The zero-order chi connectivity index (χ0) is 13.9. The van der Waals surface area contributed by atoms with Crippen molar-refractivity contribution in [2.45, 2.75) is 31.9 Å². The van der Waals surface area contributed by atoms with Crippen LogP contribution in [0.3, 0.4) is 0 Å². The predicted molar refractivity (Wildman–Crippen MR) is 63.3 cm³/mol. The fraction of sp³-hybridized carbons (Fsp3) is 0.800. The molecule has 2 N–H and O–H groups in total. The lowest BCUT2D eigenvalue weighted by Gasteiger charge is -2.22. The highest BCUT2D eigenvalue weighted by Gasteiger charge is 2.38. The van der Waals surface area contributed by atoms with Crippen LogP contribution in [0.25, 0.3) is 0 Å². The summed E-state index contributed by atoms with van der Waals surface area (Å²) in [5, 5.41) is 11.1. The van der Waals surface area contributed by atoms with Crippen LogP contribution in [0.4, 0.5) is 0 Å². The molecule has 7 heteroatoms. The van der Waals surface area contributed by atoms with E-state index in [-0.39, 0.29) is 6.54 Å². The van der Waals surface area contributed by atoms with Crippen LogP contribution in [0.15, 0.2) is 0 Å². The van der Waals surface area contributed by atoms with E-state index in [1.54, 1.807) is 6.92 Å². The molecular formula is C10H19NO5S. The predicted octanol–water partition coefficient (Wildman–Crippen LogP) is 0.0366. The topological polar surface area (TPSA) is 101 Å². The maximum absolute atomic E-state index is 11.7. The Morgan fingerprint density at radius 1 is 1.35 bits per heavy atom. The van der Waals surface area contributed by atoms with Crippen molar-refractivity contribution < 1.29 is 23.1 Å². The number of carbonyl (C=O) groups excluding carboxylic acids is 1. The molecule has 1 unspecified atom stereocenters. The van der Waals surface area contributed by atoms with Crippen LogP contribution >= 0.6 is 0 Å². The van der Waals surface area contributed by atoms with Gasteiger partial charge >= 0.3 is 5.97 Å². The second-order valence-electron chi connectivity index (χ2n) is 4.44. The highest BCUT2D eigenvalue weighted by atomic mass is 32.2. The van der Waals surface area contributed by atoms with Gasteiger partial charge in [-0.3, -0.25) is 9.59 Å². The Balaban J connectivity index is 4.63. The van der Waals surface area contributed by atoms with E-state index in [0.29, 0.717) is 6.42 Å². The maximum Gasteiger partial charge on any atom is 0.308 e. The summed E-state index contributed by atoms with van der Waals surface area (Å²) in [5.41, 5.74) is 0. The van der Waals surface area contributed by atoms with E-state index >= 15 is 0 Å². The van der Waals surface area contributed by atoms with Crippen LogP contribution in [0, 0.1) is 5.92 Å². The number of carboxylic acid groups (broad SMARTS) is 1. The Morgan fingerprint density at radius 2 is 1.82 bits per heavy atom. The Morgan fingerprint density at radius 3 is 2.12 bits per heavy atom. The molecule has 0 heterocycles. The molecule has 17 heavy (non-hydrogen) atoms. The number of amides is 1. The number of carboxylic acids is 1. The SMILES string of the molecule is CCC(CNC(=O)C(C)(C)S(C)(=O)=O)C(=O)O. The highest BCUT2D eigenvalue weighted by molar-refractivity contribution is 7.92. The van der Waals surface area contributed by atoms with E-state index in [4.69, 9.17) is 5.11 Å². The largest absolute Gasteiger partial charge is 0.481 e. The second-order valence-corrected chi connectivity index (χ2v) is 7.00. The summed E-state index contributed by atoms with van der Waals surface area (Å²) in [4.78, 5) is 22.4. The molecule has 100 valence electrons. The maximum atomic E-state index is 11.7. The average molecular weight is 265 g/mol. The van der Waals surface area contributed by atoms with Gasteiger partial charge in [0.05, 0.1) is 5.92 Å². The molecular weight excluding hydrogens is 246 g/mol.